The van der Waals surface area contributed by atoms with Crippen LogP contribution in [-0.4, -0.2) is 57.4 Å². The van der Waals surface area contributed by atoms with E-state index in [1.165, 1.54) is 4.31 Å². The van der Waals surface area contributed by atoms with E-state index in [4.69, 9.17) is 4.74 Å². The smallest absolute Gasteiger partial charge is 0.282 e. The quantitative estimate of drug-likeness (QED) is 0.822. The molecule has 24 heavy (non-hydrogen) atoms. The minimum absolute atomic E-state index is 0. The molecule has 1 aliphatic heterocycles. The Morgan fingerprint density at radius 3 is 2.67 bits per heavy atom. The first-order valence-corrected chi connectivity index (χ1v) is 9.34. The number of ether oxygens (including phenoxy) is 1. The summed E-state index contributed by atoms with van der Waals surface area (Å²) in [6.45, 7) is 6.22. The Balaban J connectivity index is 0.00000288. The highest BCUT2D eigenvalue weighted by Gasteiger charge is 2.37. The Kier molecular flexibility index (Phi) is 7.95. The lowest BCUT2D eigenvalue weighted by Gasteiger charge is -2.38. The molecule has 0 aliphatic carbocycles. The second kappa shape index (κ2) is 9.01. The van der Waals surface area contributed by atoms with E-state index in [0.717, 1.165) is 5.56 Å². The van der Waals surface area contributed by atoms with E-state index in [0.29, 0.717) is 31.9 Å². The molecule has 6 nitrogen and oxygen atoms in total. The minimum atomic E-state index is -3.51. The molecule has 8 heteroatoms. The lowest BCUT2D eigenvalue weighted by atomic mass is 10.0. The van der Waals surface area contributed by atoms with Crippen LogP contribution in [0, 0.1) is 5.92 Å². The molecule has 0 bridgehead atoms. The van der Waals surface area contributed by atoms with Crippen LogP contribution in [0.5, 0.6) is 5.75 Å². The fraction of sp³-hybridized carbons (Fsp3) is 0.625. The van der Waals surface area contributed by atoms with Crippen molar-refractivity contribution in [2.45, 2.75) is 19.9 Å². The van der Waals surface area contributed by atoms with Crippen molar-refractivity contribution in [3.05, 3.63) is 29.8 Å². The van der Waals surface area contributed by atoms with Gasteiger partial charge in [0.2, 0.25) is 0 Å². The van der Waals surface area contributed by atoms with Gasteiger partial charge in [-0.05, 0) is 12.0 Å². The number of methoxy groups -OCH3 is 1. The van der Waals surface area contributed by atoms with E-state index < -0.39 is 10.2 Å². The van der Waals surface area contributed by atoms with Crippen LogP contribution in [0.3, 0.4) is 0 Å². The summed E-state index contributed by atoms with van der Waals surface area (Å²) in [5.74, 6) is 0.996. The maximum absolute atomic E-state index is 13.0. The van der Waals surface area contributed by atoms with E-state index in [1.807, 2.05) is 38.1 Å². The zero-order valence-electron chi connectivity index (χ0n) is 14.7. The normalized spacial score (nSPS) is 19.3. The van der Waals surface area contributed by atoms with Crippen molar-refractivity contribution in [3.63, 3.8) is 0 Å². The van der Waals surface area contributed by atoms with Crippen molar-refractivity contribution >= 4 is 22.6 Å². The SMILES string of the molecule is COc1ccccc1C1CNCCN1S(=O)(=O)N(C)CC(C)C.Cl. The molecule has 1 heterocycles. The minimum Gasteiger partial charge on any atom is -0.496 e. The molecular weight excluding hydrogens is 350 g/mol. The highest BCUT2D eigenvalue weighted by Crippen LogP contribution is 2.32. The molecule has 1 aliphatic rings. The molecule has 1 N–H and O–H groups in total. The molecule has 0 saturated carbocycles. The van der Waals surface area contributed by atoms with Gasteiger partial charge in [0.1, 0.15) is 5.75 Å². The molecular formula is C16H28ClN3O3S. The topological polar surface area (TPSA) is 61.9 Å². The predicted octanol–water partition coefficient (Wildman–Crippen LogP) is 1.90. The van der Waals surface area contributed by atoms with Crippen molar-refractivity contribution in [2.75, 3.05) is 40.3 Å². The fourth-order valence-electron chi connectivity index (χ4n) is 2.96. The van der Waals surface area contributed by atoms with Gasteiger partial charge in [0, 0.05) is 38.8 Å². The second-order valence-electron chi connectivity index (χ2n) is 6.25. The van der Waals surface area contributed by atoms with Gasteiger partial charge >= 0.3 is 0 Å². The molecule has 1 saturated heterocycles. The standard InChI is InChI=1S/C16H27N3O3S.ClH/c1-13(2)12-18(3)23(20,21)19-10-9-17-11-15(19)14-7-5-6-8-16(14)22-4;/h5-8,13,15,17H,9-12H2,1-4H3;1H. The Bertz CT molecular complexity index is 625. The van der Waals surface area contributed by atoms with Crippen LogP contribution in [0.2, 0.25) is 0 Å². The van der Waals surface area contributed by atoms with Crippen LogP contribution in [0.1, 0.15) is 25.5 Å². The van der Waals surface area contributed by atoms with Crippen molar-refractivity contribution in [3.8, 4) is 5.75 Å². The van der Waals surface area contributed by atoms with Gasteiger partial charge < -0.3 is 10.1 Å². The molecule has 0 aromatic heterocycles. The lowest BCUT2D eigenvalue weighted by Crippen LogP contribution is -2.53. The zero-order valence-corrected chi connectivity index (χ0v) is 16.4. The van der Waals surface area contributed by atoms with Gasteiger partial charge in [-0.15, -0.1) is 12.4 Å². The van der Waals surface area contributed by atoms with Crippen molar-refractivity contribution in [1.82, 2.24) is 13.9 Å². The summed E-state index contributed by atoms with van der Waals surface area (Å²) in [5.41, 5.74) is 0.892. The average molecular weight is 378 g/mol. The third-order valence-electron chi connectivity index (χ3n) is 4.00. The highest BCUT2D eigenvalue weighted by molar-refractivity contribution is 7.86. The van der Waals surface area contributed by atoms with E-state index >= 15 is 0 Å². The molecule has 1 aromatic rings. The number of nitrogens with zero attached hydrogens (tertiary/aromatic N) is 2. The lowest BCUT2D eigenvalue weighted by molar-refractivity contribution is 0.244. The number of rotatable bonds is 6. The van der Waals surface area contributed by atoms with E-state index in [-0.39, 0.29) is 24.4 Å². The number of nitrogens with one attached hydrogen (secondary N) is 1. The van der Waals surface area contributed by atoms with Gasteiger partial charge in [-0.25, -0.2) is 0 Å². The monoisotopic (exact) mass is 377 g/mol. The number of halogens is 1. The fourth-order valence-corrected chi connectivity index (χ4v) is 4.63. The molecule has 0 spiro atoms. The molecule has 1 aromatic carbocycles. The van der Waals surface area contributed by atoms with Gasteiger partial charge in [0.15, 0.2) is 0 Å². The highest BCUT2D eigenvalue weighted by atomic mass is 35.5. The molecule has 1 unspecified atom stereocenters. The number of hydrogen-bond donors (Lipinski definition) is 1. The summed E-state index contributed by atoms with van der Waals surface area (Å²) in [4.78, 5) is 0. The summed E-state index contributed by atoms with van der Waals surface area (Å²) in [7, 11) is -0.249. The number of piperazine rings is 1. The summed E-state index contributed by atoms with van der Waals surface area (Å²) < 4.78 is 34.4. The van der Waals surface area contributed by atoms with Crippen LogP contribution in [0.25, 0.3) is 0 Å². The maximum atomic E-state index is 13.0. The average Bonchev–Trinajstić information content (AvgIpc) is 2.54. The molecule has 0 amide bonds. The molecule has 138 valence electrons. The summed E-state index contributed by atoms with van der Waals surface area (Å²) in [6.07, 6.45) is 0. The van der Waals surface area contributed by atoms with Gasteiger partial charge in [0.05, 0.1) is 13.2 Å². The van der Waals surface area contributed by atoms with E-state index in [1.54, 1.807) is 18.5 Å². The van der Waals surface area contributed by atoms with Crippen LogP contribution < -0.4 is 10.1 Å². The first kappa shape index (κ1) is 21.2. The van der Waals surface area contributed by atoms with Crippen LogP contribution in [0.15, 0.2) is 24.3 Å². The number of hydrogen-bond acceptors (Lipinski definition) is 4. The third kappa shape index (κ3) is 4.61. The van der Waals surface area contributed by atoms with Gasteiger partial charge in [-0.3, -0.25) is 0 Å². The maximum Gasteiger partial charge on any atom is 0.282 e. The van der Waals surface area contributed by atoms with Crippen LogP contribution in [-0.2, 0) is 10.2 Å². The van der Waals surface area contributed by atoms with Crippen LogP contribution in [0.4, 0.5) is 0 Å². The third-order valence-corrected chi connectivity index (χ3v) is 5.97. The molecule has 2 rings (SSSR count). The van der Waals surface area contributed by atoms with Gasteiger partial charge in [-0.1, -0.05) is 32.0 Å². The van der Waals surface area contributed by atoms with Gasteiger partial charge in [0.25, 0.3) is 10.2 Å². The Labute approximate surface area is 151 Å². The second-order valence-corrected chi connectivity index (χ2v) is 8.24. The van der Waals surface area contributed by atoms with Crippen molar-refractivity contribution in [1.29, 1.82) is 0 Å². The molecule has 1 fully saturated rings. The van der Waals surface area contributed by atoms with E-state index in [2.05, 4.69) is 5.32 Å². The van der Waals surface area contributed by atoms with Crippen LogP contribution >= 0.6 is 12.4 Å². The van der Waals surface area contributed by atoms with E-state index in [9.17, 15) is 8.42 Å². The zero-order chi connectivity index (χ0) is 17.0. The Hall–Kier alpha value is -0.860. The summed E-state index contributed by atoms with van der Waals surface area (Å²) in [6, 6.07) is 7.34. The first-order valence-electron chi connectivity index (χ1n) is 7.94. The predicted molar refractivity (Wildman–Crippen MR) is 98.9 cm³/mol. The largest absolute Gasteiger partial charge is 0.496 e. The van der Waals surface area contributed by atoms with Crippen molar-refractivity contribution in [2.24, 2.45) is 5.92 Å². The number of benzene rings is 1. The summed E-state index contributed by atoms with van der Waals surface area (Å²) >= 11 is 0. The molecule has 0 radical (unpaired) electrons. The number of para-hydroxylation sites is 1. The Morgan fingerprint density at radius 2 is 2.04 bits per heavy atom. The molecule has 1 atom stereocenters. The summed E-state index contributed by atoms with van der Waals surface area (Å²) in [5, 5.41) is 3.29. The van der Waals surface area contributed by atoms with Gasteiger partial charge in [-0.2, -0.15) is 17.0 Å². The first-order chi connectivity index (χ1) is 10.9. The Morgan fingerprint density at radius 1 is 1.38 bits per heavy atom. The van der Waals surface area contributed by atoms with Crippen molar-refractivity contribution < 1.29 is 13.2 Å².